The van der Waals surface area contributed by atoms with Gasteiger partial charge in [0.05, 0.1) is 12.6 Å². The number of rotatable bonds is 3. The largest absolute Gasteiger partial charge is 0.354 e. The number of hydrogen-bond acceptors (Lipinski definition) is 2. The number of aliphatic imine (C=N–C) groups is 1. The maximum Gasteiger partial charge on any atom is 0.216 e. The minimum Gasteiger partial charge on any atom is -0.354 e. The van der Waals surface area contributed by atoms with Crippen LogP contribution in [0.2, 0.25) is 5.02 Å². The summed E-state index contributed by atoms with van der Waals surface area (Å²) in [4.78, 5) is 15.1. The first-order chi connectivity index (χ1) is 9.08. The molecule has 0 bridgehead atoms. The molecule has 102 valence electrons. The lowest BCUT2D eigenvalue weighted by atomic mass is 10.0. The van der Waals surface area contributed by atoms with Crippen molar-refractivity contribution >= 4 is 29.2 Å². The second-order valence-corrected chi connectivity index (χ2v) is 4.81. The van der Waals surface area contributed by atoms with E-state index in [4.69, 9.17) is 11.6 Å². The fourth-order valence-corrected chi connectivity index (χ4v) is 2.35. The average molecular weight is 281 g/mol. The number of carbonyl (C=O) groups excluding carboxylic acids is 1. The molecule has 0 fully saturated rings. The summed E-state index contributed by atoms with van der Waals surface area (Å²) in [5, 5.41) is 9.88. The maximum absolute atomic E-state index is 10.7. The molecule has 1 heterocycles. The first-order valence-electron chi connectivity index (χ1n) is 6.19. The number of halogens is 1. The number of carbonyl (C=O) groups is 1. The monoisotopic (exact) mass is 280 g/mol. The van der Waals surface area contributed by atoms with Crippen LogP contribution in [0.25, 0.3) is 0 Å². The van der Waals surface area contributed by atoms with Crippen molar-refractivity contribution in [3.05, 3.63) is 28.8 Å². The van der Waals surface area contributed by atoms with E-state index in [2.05, 4.69) is 20.9 Å². The van der Waals surface area contributed by atoms with Crippen molar-refractivity contribution in [3.8, 4) is 0 Å². The third kappa shape index (κ3) is 3.38. The normalized spacial score (nSPS) is 19.3. The van der Waals surface area contributed by atoms with Crippen LogP contribution in [0.4, 0.5) is 5.69 Å². The Balaban J connectivity index is 2.04. The summed E-state index contributed by atoms with van der Waals surface area (Å²) in [6, 6.07) is 5.85. The van der Waals surface area contributed by atoms with Gasteiger partial charge in [-0.05, 0) is 19.1 Å². The van der Waals surface area contributed by atoms with Crippen LogP contribution in [0.1, 0.15) is 25.5 Å². The van der Waals surface area contributed by atoms with Gasteiger partial charge in [0.1, 0.15) is 0 Å². The van der Waals surface area contributed by atoms with Crippen LogP contribution in [0.5, 0.6) is 0 Å². The zero-order valence-corrected chi connectivity index (χ0v) is 11.7. The van der Waals surface area contributed by atoms with E-state index in [1.165, 1.54) is 6.92 Å². The van der Waals surface area contributed by atoms with Crippen LogP contribution in [-0.4, -0.2) is 25.0 Å². The first kappa shape index (κ1) is 13.7. The van der Waals surface area contributed by atoms with Crippen molar-refractivity contribution in [2.24, 2.45) is 4.99 Å². The molecule has 1 amide bonds. The van der Waals surface area contributed by atoms with Crippen LogP contribution >= 0.6 is 11.6 Å². The molecule has 0 aliphatic carbocycles. The Labute approximate surface area is 117 Å². The number of anilines is 1. The van der Waals surface area contributed by atoms with Crippen molar-refractivity contribution in [1.82, 2.24) is 10.6 Å². The first-order valence-corrected chi connectivity index (χ1v) is 6.56. The van der Waals surface area contributed by atoms with Crippen molar-refractivity contribution < 1.29 is 4.79 Å². The third-order valence-corrected chi connectivity index (χ3v) is 3.18. The predicted molar refractivity (Wildman–Crippen MR) is 77.6 cm³/mol. The molecule has 0 radical (unpaired) electrons. The summed E-state index contributed by atoms with van der Waals surface area (Å²) in [7, 11) is 0. The van der Waals surface area contributed by atoms with Gasteiger partial charge in [-0.15, -0.1) is 0 Å². The molecule has 1 aliphatic rings. The van der Waals surface area contributed by atoms with Crippen LogP contribution in [-0.2, 0) is 4.79 Å². The van der Waals surface area contributed by atoms with Gasteiger partial charge in [0, 0.05) is 29.7 Å². The van der Waals surface area contributed by atoms with Gasteiger partial charge in [0.25, 0.3) is 0 Å². The summed E-state index contributed by atoms with van der Waals surface area (Å²) >= 11 is 6.18. The van der Waals surface area contributed by atoms with Crippen LogP contribution in [0, 0.1) is 0 Å². The van der Waals surface area contributed by atoms with Gasteiger partial charge in [-0.25, -0.2) is 0 Å². The number of benzene rings is 1. The highest BCUT2D eigenvalue weighted by molar-refractivity contribution is 6.32. The average Bonchev–Trinajstić information content (AvgIpc) is 2.34. The topological polar surface area (TPSA) is 65.5 Å². The quantitative estimate of drug-likeness (QED) is 0.741. The minimum atomic E-state index is -0.0461. The standard InChI is InChI=1S/C13H17ClN4O/c1-8-12-10(14)4-3-5-11(12)18-13(17-8)16-7-6-15-9(2)19/h3-5,8H,6-7H2,1-2H3,(H,15,19)(H2,16,17,18). The highest BCUT2D eigenvalue weighted by Crippen LogP contribution is 2.32. The van der Waals surface area contributed by atoms with E-state index >= 15 is 0 Å². The molecular weight excluding hydrogens is 264 g/mol. The highest BCUT2D eigenvalue weighted by Gasteiger charge is 2.21. The van der Waals surface area contributed by atoms with Gasteiger partial charge in [-0.2, -0.15) is 0 Å². The second-order valence-electron chi connectivity index (χ2n) is 4.41. The molecule has 1 unspecified atom stereocenters. The molecule has 1 aromatic rings. The zero-order chi connectivity index (χ0) is 13.8. The number of nitrogens with zero attached hydrogens (tertiary/aromatic N) is 1. The highest BCUT2D eigenvalue weighted by atomic mass is 35.5. The molecule has 6 heteroatoms. The van der Waals surface area contributed by atoms with Crippen molar-refractivity contribution in [3.63, 3.8) is 0 Å². The van der Waals surface area contributed by atoms with Crippen molar-refractivity contribution in [1.29, 1.82) is 0 Å². The van der Waals surface area contributed by atoms with E-state index in [-0.39, 0.29) is 11.9 Å². The Bertz CT molecular complexity index is 515. The zero-order valence-electron chi connectivity index (χ0n) is 11.0. The van der Waals surface area contributed by atoms with Gasteiger partial charge in [0.15, 0.2) is 5.96 Å². The predicted octanol–water partition coefficient (Wildman–Crippen LogP) is 1.91. The summed E-state index contributed by atoms with van der Waals surface area (Å²) in [5.74, 6) is 0.655. The molecular formula is C13H17ClN4O. The smallest absolute Gasteiger partial charge is 0.216 e. The van der Waals surface area contributed by atoms with Gasteiger partial charge in [-0.3, -0.25) is 9.79 Å². The molecule has 1 atom stereocenters. The molecule has 2 rings (SSSR count). The summed E-state index contributed by atoms with van der Waals surface area (Å²) in [6.45, 7) is 4.58. The van der Waals surface area contributed by atoms with E-state index in [9.17, 15) is 4.79 Å². The minimum absolute atomic E-state index is 0.0461. The van der Waals surface area contributed by atoms with E-state index in [1.54, 1.807) is 0 Å². The Morgan fingerprint density at radius 1 is 1.53 bits per heavy atom. The van der Waals surface area contributed by atoms with Gasteiger partial charge >= 0.3 is 0 Å². The maximum atomic E-state index is 10.7. The Morgan fingerprint density at radius 3 is 3.05 bits per heavy atom. The van der Waals surface area contributed by atoms with Crippen LogP contribution in [0.3, 0.4) is 0 Å². The lowest BCUT2D eigenvalue weighted by molar-refractivity contribution is -0.118. The molecule has 1 aromatic carbocycles. The van der Waals surface area contributed by atoms with E-state index < -0.39 is 0 Å². The fourth-order valence-electron chi connectivity index (χ4n) is 2.01. The fraction of sp³-hybridized carbons (Fsp3) is 0.385. The number of guanidine groups is 1. The van der Waals surface area contributed by atoms with Crippen molar-refractivity contribution in [2.75, 3.05) is 18.4 Å². The Kier molecular flexibility index (Phi) is 4.27. The SMILES string of the molecule is CC(=O)NCCN=C1Nc2cccc(Cl)c2C(C)N1. The number of amides is 1. The number of fused-ring (bicyclic) bond motifs is 1. The van der Waals surface area contributed by atoms with E-state index in [1.807, 2.05) is 25.1 Å². The molecule has 0 saturated carbocycles. The summed E-state index contributed by atoms with van der Waals surface area (Å²) in [5.41, 5.74) is 2.02. The Morgan fingerprint density at radius 2 is 2.32 bits per heavy atom. The molecule has 0 saturated heterocycles. The molecule has 1 aliphatic heterocycles. The molecule has 0 aromatic heterocycles. The molecule has 0 spiro atoms. The number of hydrogen-bond donors (Lipinski definition) is 3. The lowest BCUT2D eigenvalue weighted by Crippen LogP contribution is -2.38. The van der Waals surface area contributed by atoms with Gasteiger partial charge in [0.2, 0.25) is 5.91 Å². The Hall–Kier alpha value is -1.75. The van der Waals surface area contributed by atoms with Crippen LogP contribution in [0.15, 0.2) is 23.2 Å². The van der Waals surface area contributed by atoms with E-state index in [0.717, 1.165) is 16.3 Å². The van der Waals surface area contributed by atoms with Crippen LogP contribution < -0.4 is 16.0 Å². The lowest BCUT2D eigenvalue weighted by Gasteiger charge is -2.28. The summed E-state index contributed by atoms with van der Waals surface area (Å²) in [6.07, 6.45) is 0. The third-order valence-electron chi connectivity index (χ3n) is 2.85. The second kappa shape index (κ2) is 5.93. The van der Waals surface area contributed by atoms with E-state index in [0.29, 0.717) is 19.0 Å². The summed E-state index contributed by atoms with van der Waals surface area (Å²) < 4.78 is 0. The van der Waals surface area contributed by atoms with Gasteiger partial charge in [-0.1, -0.05) is 17.7 Å². The molecule has 3 N–H and O–H groups in total. The van der Waals surface area contributed by atoms with Crippen molar-refractivity contribution in [2.45, 2.75) is 19.9 Å². The number of nitrogens with one attached hydrogen (secondary N) is 3. The molecule has 5 nitrogen and oxygen atoms in total. The van der Waals surface area contributed by atoms with Gasteiger partial charge < -0.3 is 16.0 Å². The molecule has 19 heavy (non-hydrogen) atoms.